The number of nitrogens with zero attached hydrogens (tertiary/aromatic N) is 3. The van der Waals surface area contributed by atoms with Gasteiger partial charge in [-0.2, -0.15) is 0 Å². The van der Waals surface area contributed by atoms with Crippen molar-refractivity contribution < 1.29 is 4.79 Å². The van der Waals surface area contributed by atoms with E-state index in [1.165, 1.54) is 16.7 Å². The minimum absolute atomic E-state index is 0.0601. The van der Waals surface area contributed by atoms with Gasteiger partial charge in [-0.1, -0.05) is 41.5 Å². The van der Waals surface area contributed by atoms with Gasteiger partial charge < -0.3 is 9.88 Å². The third-order valence-corrected chi connectivity index (χ3v) is 4.48. The maximum Gasteiger partial charge on any atom is 0.251 e. The van der Waals surface area contributed by atoms with Gasteiger partial charge in [0.1, 0.15) is 5.82 Å². The Hall–Kier alpha value is -2.95. The van der Waals surface area contributed by atoms with Crippen molar-refractivity contribution in [3.05, 3.63) is 70.5 Å². The molecule has 0 aliphatic rings. The molecule has 0 aliphatic heterocycles. The van der Waals surface area contributed by atoms with Gasteiger partial charge in [-0.3, -0.25) is 4.79 Å². The van der Waals surface area contributed by atoms with Crippen molar-refractivity contribution in [1.29, 1.82) is 0 Å². The molecule has 3 rings (SSSR count). The maximum absolute atomic E-state index is 12.3. The number of nitrogens with one attached hydrogen (secondary N) is 1. The molecular weight excluding hydrogens is 324 g/mol. The molecule has 0 spiro atoms. The van der Waals surface area contributed by atoms with E-state index in [9.17, 15) is 4.79 Å². The zero-order chi connectivity index (χ0) is 18.7. The van der Waals surface area contributed by atoms with Gasteiger partial charge in [-0.15, -0.1) is 10.2 Å². The standard InChI is InChI=1S/C21H24N4O/c1-14-11-15(2)13-17(12-14)9-10-22-21(26)19-7-5-18(6-8-19)20-24-23-16(3)25(20)4/h5-8,11-13H,9-10H2,1-4H3,(H,22,26). The molecule has 1 amide bonds. The first-order chi connectivity index (χ1) is 12.4. The van der Waals surface area contributed by atoms with Crippen LogP contribution < -0.4 is 5.32 Å². The second-order valence-corrected chi connectivity index (χ2v) is 6.71. The minimum atomic E-state index is -0.0601. The van der Waals surface area contributed by atoms with E-state index in [1.807, 2.05) is 42.8 Å². The zero-order valence-electron chi connectivity index (χ0n) is 15.7. The number of aryl methyl sites for hydroxylation is 3. The van der Waals surface area contributed by atoms with Crippen LogP contribution in [0.4, 0.5) is 0 Å². The Labute approximate surface area is 154 Å². The lowest BCUT2D eigenvalue weighted by Crippen LogP contribution is -2.25. The topological polar surface area (TPSA) is 59.8 Å². The van der Waals surface area contributed by atoms with E-state index in [0.717, 1.165) is 23.6 Å². The molecule has 0 saturated heterocycles. The van der Waals surface area contributed by atoms with E-state index in [1.54, 1.807) is 0 Å². The number of carbonyl (C=O) groups excluding carboxylic acids is 1. The lowest BCUT2D eigenvalue weighted by molar-refractivity contribution is 0.0954. The molecule has 0 atom stereocenters. The summed E-state index contributed by atoms with van der Waals surface area (Å²) < 4.78 is 1.93. The molecule has 1 aromatic heterocycles. The fourth-order valence-corrected chi connectivity index (χ4v) is 3.06. The van der Waals surface area contributed by atoms with E-state index in [-0.39, 0.29) is 5.91 Å². The number of hydrogen-bond acceptors (Lipinski definition) is 3. The molecular formula is C21H24N4O. The highest BCUT2D eigenvalue weighted by Crippen LogP contribution is 2.17. The second kappa shape index (κ2) is 7.52. The molecule has 1 heterocycles. The first-order valence-electron chi connectivity index (χ1n) is 8.76. The van der Waals surface area contributed by atoms with Crippen LogP contribution in [0.3, 0.4) is 0 Å². The molecule has 1 N–H and O–H groups in total. The van der Waals surface area contributed by atoms with Gasteiger partial charge in [-0.05, 0) is 44.9 Å². The van der Waals surface area contributed by atoms with E-state index in [0.29, 0.717) is 12.1 Å². The van der Waals surface area contributed by atoms with Crippen LogP contribution in [-0.4, -0.2) is 27.2 Å². The maximum atomic E-state index is 12.3. The summed E-state index contributed by atoms with van der Waals surface area (Å²) in [5.74, 6) is 1.59. The number of rotatable bonds is 5. The third kappa shape index (κ3) is 3.99. The molecule has 3 aromatic rings. The largest absolute Gasteiger partial charge is 0.352 e. The van der Waals surface area contributed by atoms with Crippen LogP contribution in [0.25, 0.3) is 11.4 Å². The Morgan fingerprint density at radius 3 is 2.23 bits per heavy atom. The first-order valence-corrected chi connectivity index (χ1v) is 8.76. The summed E-state index contributed by atoms with van der Waals surface area (Å²) in [6, 6.07) is 13.9. The summed E-state index contributed by atoms with van der Waals surface area (Å²) in [5, 5.41) is 11.2. The summed E-state index contributed by atoms with van der Waals surface area (Å²) in [7, 11) is 1.93. The summed E-state index contributed by atoms with van der Waals surface area (Å²) in [6.07, 6.45) is 0.824. The summed E-state index contributed by atoms with van der Waals surface area (Å²) in [5.41, 5.74) is 5.34. The predicted octanol–water partition coefficient (Wildman–Crippen LogP) is 3.38. The van der Waals surface area contributed by atoms with Crippen LogP contribution >= 0.6 is 0 Å². The molecule has 2 aromatic carbocycles. The highest BCUT2D eigenvalue weighted by Gasteiger charge is 2.10. The fourth-order valence-electron chi connectivity index (χ4n) is 3.06. The summed E-state index contributed by atoms with van der Waals surface area (Å²) in [6.45, 7) is 6.71. The van der Waals surface area contributed by atoms with E-state index in [4.69, 9.17) is 0 Å². The Balaban J connectivity index is 1.60. The van der Waals surface area contributed by atoms with Crippen molar-refractivity contribution in [3.8, 4) is 11.4 Å². The number of aromatic nitrogens is 3. The second-order valence-electron chi connectivity index (χ2n) is 6.71. The summed E-state index contributed by atoms with van der Waals surface area (Å²) in [4.78, 5) is 12.3. The molecule has 0 saturated carbocycles. The Morgan fingerprint density at radius 1 is 1.00 bits per heavy atom. The van der Waals surface area contributed by atoms with Gasteiger partial charge in [0.2, 0.25) is 0 Å². The van der Waals surface area contributed by atoms with E-state index >= 15 is 0 Å². The lowest BCUT2D eigenvalue weighted by Gasteiger charge is -2.08. The predicted molar refractivity (Wildman–Crippen MR) is 103 cm³/mol. The van der Waals surface area contributed by atoms with Crippen molar-refractivity contribution in [3.63, 3.8) is 0 Å². The van der Waals surface area contributed by atoms with E-state index < -0.39 is 0 Å². The van der Waals surface area contributed by atoms with Crippen LogP contribution in [0.5, 0.6) is 0 Å². The van der Waals surface area contributed by atoms with Gasteiger partial charge in [0.05, 0.1) is 0 Å². The van der Waals surface area contributed by atoms with Crippen molar-refractivity contribution >= 4 is 5.91 Å². The Morgan fingerprint density at radius 2 is 1.65 bits per heavy atom. The number of benzene rings is 2. The molecule has 5 heteroatoms. The smallest absolute Gasteiger partial charge is 0.251 e. The lowest BCUT2D eigenvalue weighted by atomic mass is 10.1. The fraction of sp³-hybridized carbons (Fsp3) is 0.286. The number of hydrogen-bond donors (Lipinski definition) is 1. The zero-order valence-corrected chi connectivity index (χ0v) is 15.7. The number of carbonyl (C=O) groups is 1. The molecule has 0 aliphatic carbocycles. The van der Waals surface area contributed by atoms with Crippen LogP contribution in [0, 0.1) is 20.8 Å². The third-order valence-electron chi connectivity index (χ3n) is 4.48. The molecule has 134 valence electrons. The normalized spacial score (nSPS) is 10.8. The number of amides is 1. The molecule has 5 nitrogen and oxygen atoms in total. The SMILES string of the molecule is Cc1cc(C)cc(CCNC(=O)c2ccc(-c3nnc(C)n3C)cc2)c1. The molecule has 0 fully saturated rings. The van der Waals surface area contributed by atoms with E-state index in [2.05, 4.69) is 47.6 Å². The van der Waals surface area contributed by atoms with Crippen LogP contribution in [-0.2, 0) is 13.5 Å². The first kappa shape index (κ1) is 17.9. The van der Waals surface area contributed by atoms with Crippen LogP contribution in [0.2, 0.25) is 0 Å². The monoisotopic (exact) mass is 348 g/mol. The average Bonchev–Trinajstić information content (AvgIpc) is 2.93. The summed E-state index contributed by atoms with van der Waals surface area (Å²) >= 11 is 0. The van der Waals surface area contributed by atoms with Crippen molar-refractivity contribution in [2.24, 2.45) is 7.05 Å². The van der Waals surface area contributed by atoms with Gasteiger partial charge in [0.25, 0.3) is 5.91 Å². The average molecular weight is 348 g/mol. The highest BCUT2D eigenvalue weighted by molar-refractivity contribution is 5.94. The van der Waals surface area contributed by atoms with Gasteiger partial charge in [0, 0.05) is 24.7 Å². The van der Waals surface area contributed by atoms with Gasteiger partial charge in [-0.25, -0.2) is 0 Å². The highest BCUT2D eigenvalue weighted by atomic mass is 16.1. The molecule has 26 heavy (non-hydrogen) atoms. The van der Waals surface area contributed by atoms with Gasteiger partial charge in [0.15, 0.2) is 5.82 Å². The Kier molecular flexibility index (Phi) is 5.16. The van der Waals surface area contributed by atoms with Crippen LogP contribution in [0.15, 0.2) is 42.5 Å². The quantitative estimate of drug-likeness (QED) is 0.769. The van der Waals surface area contributed by atoms with Crippen molar-refractivity contribution in [2.75, 3.05) is 6.54 Å². The molecule has 0 radical (unpaired) electrons. The minimum Gasteiger partial charge on any atom is -0.352 e. The molecule has 0 unspecified atom stereocenters. The van der Waals surface area contributed by atoms with Gasteiger partial charge >= 0.3 is 0 Å². The van der Waals surface area contributed by atoms with Crippen LogP contribution in [0.1, 0.15) is 32.9 Å². The molecule has 0 bridgehead atoms. The van der Waals surface area contributed by atoms with Crippen molar-refractivity contribution in [2.45, 2.75) is 27.2 Å². The Bertz CT molecular complexity index is 905. The van der Waals surface area contributed by atoms with Crippen molar-refractivity contribution in [1.82, 2.24) is 20.1 Å².